The van der Waals surface area contributed by atoms with Gasteiger partial charge in [-0.3, -0.25) is 14.4 Å². The molecule has 0 unspecified atom stereocenters. The van der Waals surface area contributed by atoms with Crippen LogP contribution in [-0.4, -0.2) is 80.3 Å². The van der Waals surface area contributed by atoms with Crippen LogP contribution in [0.5, 0.6) is 0 Å². The van der Waals surface area contributed by atoms with E-state index in [9.17, 15) is 34.8 Å². The molecule has 0 radical (unpaired) electrons. The van der Waals surface area contributed by atoms with Gasteiger partial charge in [0.05, 0.1) is 31.2 Å². The molecule has 0 aromatic heterocycles. The molecule has 2 amide bonds. The van der Waals surface area contributed by atoms with Crippen molar-refractivity contribution in [1.82, 2.24) is 10.6 Å². The van der Waals surface area contributed by atoms with Crippen LogP contribution in [0, 0.1) is 5.92 Å². The molecule has 9 N–H and O–H groups in total. The number of nitrogens with two attached hydrogens (primary N) is 1. The van der Waals surface area contributed by atoms with Gasteiger partial charge in [0.1, 0.15) is 12.2 Å². The second kappa shape index (κ2) is 13.1. The van der Waals surface area contributed by atoms with E-state index in [1.54, 1.807) is 30.3 Å². The number of aliphatic hydroxyl groups excluding tert-OH is 4. The average Bonchev–Trinajstić information content (AvgIpc) is 2.74. The van der Waals surface area contributed by atoms with Crippen molar-refractivity contribution in [3.63, 3.8) is 0 Å². The van der Waals surface area contributed by atoms with Gasteiger partial charge in [-0.25, -0.2) is 0 Å². The van der Waals surface area contributed by atoms with Crippen molar-refractivity contribution in [3.8, 4) is 0 Å². The van der Waals surface area contributed by atoms with Gasteiger partial charge in [-0.2, -0.15) is 0 Å². The second-order valence-corrected chi connectivity index (χ2v) is 8.03. The number of hydrogen-bond acceptors (Lipinski definition) is 8. The summed E-state index contributed by atoms with van der Waals surface area (Å²) in [5, 5.41) is 54.0. The Bertz CT molecular complexity index is 746. The van der Waals surface area contributed by atoms with E-state index in [0.29, 0.717) is 12.0 Å². The number of carboxylic acids is 1. The van der Waals surface area contributed by atoms with E-state index in [0.717, 1.165) is 0 Å². The highest BCUT2D eigenvalue weighted by atomic mass is 16.4. The van der Waals surface area contributed by atoms with Crippen LogP contribution in [0.2, 0.25) is 0 Å². The minimum atomic E-state index is -2.17. The molecule has 0 aliphatic carbocycles. The molecule has 0 saturated heterocycles. The summed E-state index contributed by atoms with van der Waals surface area (Å²) in [6.07, 6.45) is -6.30. The van der Waals surface area contributed by atoms with E-state index in [-0.39, 0.29) is 5.92 Å². The maximum atomic E-state index is 12.4. The molecular weight excluding hydrogens is 422 g/mol. The number of hydrogen-bond donors (Lipinski definition) is 8. The smallest absolute Gasteiger partial charge is 0.305 e. The molecule has 0 heterocycles. The lowest BCUT2D eigenvalue weighted by Gasteiger charge is -2.30. The van der Waals surface area contributed by atoms with E-state index in [2.05, 4.69) is 10.6 Å². The molecule has 0 aliphatic rings. The zero-order valence-electron chi connectivity index (χ0n) is 18.1. The van der Waals surface area contributed by atoms with Crippen LogP contribution in [0.3, 0.4) is 0 Å². The third-order valence-corrected chi connectivity index (χ3v) is 4.84. The lowest BCUT2D eigenvalue weighted by Crippen LogP contribution is -2.58. The molecule has 1 rings (SSSR count). The molecule has 0 saturated carbocycles. The maximum Gasteiger partial charge on any atom is 0.305 e. The molecule has 1 aromatic carbocycles. The van der Waals surface area contributed by atoms with E-state index < -0.39 is 67.2 Å². The molecule has 180 valence electrons. The largest absolute Gasteiger partial charge is 0.481 e. The van der Waals surface area contributed by atoms with Gasteiger partial charge in [0.15, 0.2) is 6.10 Å². The number of carboxylic acid groups (broad SMARTS) is 1. The topological polar surface area (TPSA) is 202 Å². The minimum Gasteiger partial charge on any atom is -0.481 e. The summed E-state index contributed by atoms with van der Waals surface area (Å²) in [6, 6.07) is 4.85. The standard InChI is InChI=1S/C21H33N3O8/c1-11(2)8-13(22)20(31)24-15(10-25)17(28)18(29)19(30)21(32)23-14(9-16(26)27)12-6-4-3-5-7-12/h3-7,11,13-15,17-19,25,28-30H,8-10,22H2,1-2H3,(H,23,32)(H,24,31)(H,26,27)/t13-,14-,15-,17+,18-,19-/m0/s1. The van der Waals surface area contributed by atoms with Crippen molar-refractivity contribution >= 4 is 17.8 Å². The molecule has 0 spiro atoms. The van der Waals surface area contributed by atoms with Crippen LogP contribution in [0.15, 0.2) is 30.3 Å². The van der Waals surface area contributed by atoms with Crippen LogP contribution in [0.25, 0.3) is 0 Å². The summed E-state index contributed by atoms with van der Waals surface area (Å²) < 4.78 is 0. The third-order valence-electron chi connectivity index (χ3n) is 4.84. The Hall–Kier alpha value is -2.57. The highest BCUT2D eigenvalue weighted by molar-refractivity contribution is 5.83. The number of benzene rings is 1. The van der Waals surface area contributed by atoms with E-state index in [1.807, 2.05) is 13.8 Å². The number of aliphatic hydroxyl groups is 4. The first-order valence-corrected chi connectivity index (χ1v) is 10.3. The van der Waals surface area contributed by atoms with E-state index in [4.69, 9.17) is 10.8 Å². The number of amides is 2. The molecule has 1 aromatic rings. The SMILES string of the molecule is CC(C)C[C@H](N)C(=O)N[C@@H](CO)[C@@H](O)[C@H](O)[C@H](O)C(=O)N[C@@H](CC(=O)O)c1ccccc1. The molecule has 0 fully saturated rings. The van der Waals surface area contributed by atoms with Gasteiger partial charge in [-0.15, -0.1) is 0 Å². The Morgan fingerprint density at radius 1 is 0.969 bits per heavy atom. The van der Waals surface area contributed by atoms with Crippen LogP contribution >= 0.6 is 0 Å². The van der Waals surface area contributed by atoms with Crippen LogP contribution < -0.4 is 16.4 Å². The number of nitrogens with one attached hydrogen (secondary N) is 2. The first-order chi connectivity index (χ1) is 15.0. The molecular formula is C21H33N3O8. The van der Waals surface area contributed by atoms with Crippen molar-refractivity contribution in [2.24, 2.45) is 11.7 Å². The monoisotopic (exact) mass is 455 g/mol. The van der Waals surface area contributed by atoms with E-state index in [1.165, 1.54) is 0 Å². The molecule has 11 heteroatoms. The highest BCUT2D eigenvalue weighted by Crippen LogP contribution is 2.17. The van der Waals surface area contributed by atoms with E-state index >= 15 is 0 Å². The molecule has 6 atom stereocenters. The molecule has 0 aliphatic heterocycles. The second-order valence-electron chi connectivity index (χ2n) is 8.03. The highest BCUT2D eigenvalue weighted by Gasteiger charge is 2.37. The maximum absolute atomic E-state index is 12.4. The van der Waals surface area contributed by atoms with Crippen molar-refractivity contribution in [1.29, 1.82) is 0 Å². The fourth-order valence-corrected chi connectivity index (χ4v) is 3.09. The first-order valence-electron chi connectivity index (χ1n) is 10.3. The number of rotatable bonds is 13. The molecule has 11 nitrogen and oxygen atoms in total. The van der Waals surface area contributed by atoms with Crippen molar-refractivity contribution in [2.75, 3.05) is 6.61 Å². The lowest BCUT2D eigenvalue weighted by atomic mass is 9.98. The van der Waals surface area contributed by atoms with Gasteiger partial charge < -0.3 is 41.9 Å². The number of carbonyl (C=O) groups is 3. The summed E-state index contributed by atoms with van der Waals surface area (Å²) in [5.74, 6) is -2.89. The Labute approximate surface area is 186 Å². The van der Waals surface area contributed by atoms with Crippen LogP contribution in [0.1, 0.15) is 38.3 Å². The van der Waals surface area contributed by atoms with Crippen LogP contribution in [-0.2, 0) is 14.4 Å². The Balaban J connectivity index is 2.83. The number of carbonyl (C=O) groups excluding carboxylic acids is 2. The van der Waals surface area contributed by atoms with Crippen molar-refractivity contribution in [2.45, 2.75) is 63.1 Å². The van der Waals surface area contributed by atoms with Gasteiger partial charge >= 0.3 is 5.97 Å². The van der Waals surface area contributed by atoms with Gasteiger partial charge in [0.25, 0.3) is 5.91 Å². The van der Waals surface area contributed by atoms with Gasteiger partial charge in [0.2, 0.25) is 5.91 Å². The fourth-order valence-electron chi connectivity index (χ4n) is 3.09. The summed E-state index contributed by atoms with van der Waals surface area (Å²) >= 11 is 0. The predicted octanol–water partition coefficient (Wildman–Crippen LogP) is -1.75. The van der Waals surface area contributed by atoms with Gasteiger partial charge in [0, 0.05) is 0 Å². The predicted molar refractivity (Wildman–Crippen MR) is 114 cm³/mol. The Kier molecular flexibility index (Phi) is 11.2. The molecule has 0 bridgehead atoms. The summed E-state index contributed by atoms with van der Waals surface area (Å²) in [5.41, 5.74) is 6.22. The molecule has 32 heavy (non-hydrogen) atoms. The zero-order valence-corrected chi connectivity index (χ0v) is 18.1. The van der Waals surface area contributed by atoms with Crippen molar-refractivity contribution in [3.05, 3.63) is 35.9 Å². The third kappa shape index (κ3) is 8.52. The first kappa shape index (κ1) is 27.5. The Morgan fingerprint density at radius 3 is 2.06 bits per heavy atom. The van der Waals surface area contributed by atoms with Gasteiger partial charge in [-0.1, -0.05) is 44.2 Å². The number of aliphatic carboxylic acids is 1. The Morgan fingerprint density at radius 2 is 1.56 bits per heavy atom. The van der Waals surface area contributed by atoms with Crippen LogP contribution in [0.4, 0.5) is 0 Å². The van der Waals surface area contributed by atoms with Gasteiger partial charge in [-0.05, 0) is 17.9 Å². The summed E-state index contributed by atoms with van der Waals surface area (Å²) in [7, 11) is 0. The fraction of sp³-hybridized carbons (Fsp3) is 0.571. The summed E-state index contributed by atoms with van der Waals surface area (Å²) in [6.45, 7) is 2.92. The quantitative estimate of drug-likeness (QED) is 0.170. The zero-order chi connectivity index (χ0) is 24.4. The normalized spacial score (nSPS) is 17.0. The lowest BCUT2D eigenvalue weighted by molar-refractivity contribution is -0.145. The van der Waals surface area contributed by atoms with Crippen molar-refractivity contribution < 1.29 is 39.9 Å². The summed E-state index contributed by atoms with van der Waals surface area (Å²) in [4.78, 5) is 35.7. The average molecular weight is 456 g/mol. The minimum absolute atomic E-state index is 0.118.